The maximum Gasteiger partial charge on any atom is 0.273 e. The van der Waals surface area contributed by atoms with E-state index in [1.54, 1.807) is 19.9 Å². The summed E-state index contributed by atoms with van der Waals surface area (Å²) in [4.78, 5) is 22.2. The fraction of sp³-hybridized carbons (Fsp3) is 0.143. The number of carbonyl (C=O) groups excluding carboxylic acids is 1. The molecule has 1 aromatic carbocycles. The van der Waals surface area contributed by atoms with Crippen LogP contribution in [0.5, 0.6) is 0 Å². The van der Waals surface area contributed by atoms with Gasteiger partial charge in [-0.05, 0) is 35.8 Å². The summed E-state index contributed by atoms with van der Waals surface area (Å²) in [5.74, 6) is 0.628. The van der Waals surface area contributed by atoms with Crippen molar-refractivity contribution >= 4 is 33.7 Å². The minimum Gasteiger partial charge on any atom is -0.459 e. The number of nitrogens with one attached hydrogen (secondary N) is 1. The summed E-state index contributed by atoms with van der Waals surface area (Å²) in [6.07, 6.45) is 1.35. The normalized spacial score (nSPS) is 10.9. The average Bonchev–Trinajstić information content (AvgIpc) is 2.77. The minimum absolute atomic E-state index is 0.109. The highest BCUT2D eigenvalue weighted by molar-refractivity contribution is 9.10. The first-order valence-electron chi connectivity index (χ1n) is 6.23. The van der Waals surface area contributed by atoms with E-state index >= 15 is 0 Å². The summed E-state index contributed by atoms with van der Waals surface area (Å²) in [7, 11) is 0. The SMILES string of the molecule is Cc1ccc(C(=O)N/N=C\c2cc(Br)c(C)o2)cc1[N+](=O)[O-]. The number of furan rings is 1. The van der Waals surface area contributed by atoms with Crippen LogP contribution in [-0.2, 0) is 0 Å². The lowest BCUT2D eigenvalue weighted by atomic mass is 10.1. The number of nitro benzene ring substituents is 1. The number of hydrogen-bond acceptors (Lipinski definition) is 5. The van der Waals surface area contributed by atoms with E-state index in [1.807, 2.05) is 0 Å². The van der Waals surface area contributed by atoms with E-state index in [2.05, 4.69) is 26.5 Å². The Morgan fingerprint density at radius 3 is 2.73 bits per heavy atom. The van der Waals surface area contributed by atoms with Crippen molar-refractivity contribution in [3.8, 4) is 0 Å². The van der Waals surface area contributed by atoms with E-state index in [-0.39, 0.29) is 11.3 Å². The number of hydrazone groups is 1. The summed E-state index contributed by atoms with van der Waals surface area (Å²) >= 11 is 3.30. The highest BCUT2D eigenvalue weighted by Gasteiger charge is 2.14. The fourth-order valence-electron chi connectivity index (χ4n) is 1.71. The largest absolute Gasteiger partial charge is 0.459 e. The van der Waals surface area contributed by atoms with Gasteiger partial charge < -0.3 is 4.42 Å². The molecule has 0 saturated heterocycles. The monoisotopic (exact) mass is 365 g/mol. The van der Waals surface area contributed by atoms with Gasteiger partial charge in [-0.1, -0.05) is 6.07 Å². The van der Waals surface area contributed by atoms with Gasteiger partial charge in [0, 0.05) is 23.3 Å². The smallest absolute Gasteiger partial charge is 0.273 e. The second-order valence-corrected chi connectivity index (χ2v) is 5.36. The van der Waals surface area contributed by atoms with Crippen molar-refractivity contribution in [3.63, 3.8) is 0 Å². The van der Waals surface area contributed by atoms with Crippen LogP contribution in [0.1, 0.15) is 27.4 Å². The number of rotatable bonds is 4. The third kappa shape index (κ3) is 3.59. The molecule has 2 rings (SSSR count). The number of halogens is 1. The van der Waals surface area contributed by atoms with E-state index < -0.39 is 10.8 Å². The topological polar surface area (TPSA) is 97.7 Å². The molecule has 0 radical (unpaired) electrons. The standard InChI is InChI=1S/C14H12BrN3O4/c1-8-3-4-10(5-13(8)18(20)21)14(19)17-16-7-11-6-12(15)9(2)22-11/h3-7H,1-2H3,(H,17,19)/b16-7-. The molecule has 0 aliphatic heterocycles. The highest BCUT2D eigenvalue weighted by atomic mass is 79.9. The number of carbonyl (C=O) groups is 1. The van der Waals surface area contributed by atoms with Crippen molar-refractivity contribution in [3.05, 3.63) is 61.5 Å². The van der Waals surface area contributed by atoms with Crippen LogP contribution in [0, 0.1) is 24.0 Å². The van der Waals surface area contributed by atoms with Crippen LogP contribution >= 0.6 is 15.9 Å². The molecule has 0 aliphatic carbocycles. The Labute approximate surface area is 134 Å². The van der Waals surface area contributed by atoms with Gasteiger partial charge >= 0.3 is 0 Å². The molecule has 114 valence electrons. The number of nitro groups is 1. The third-order valence-corrected chi connectivity index (χ3v) is 3.69. The molecule has 0 aliphatic rings. The number of nitrogens with zero attached hydrogens (tertiary/aromatic N) is 2. The van der Waals surface area contributed by atoms with Crippen molar-refractivity contribution in [2.45, 2.75) is 13.8 Å². The predicted molar refractivity (Wildman–Crippen MR) is 84.0 cm³/mol. The highest BCUT2D eigenvalue weighted by Crippen LogP contribution is 2.20. The Morgan fingerprint density at radius 1 is 1.41 bits per heavy atom. The van der Waals surface area contributed by atoms with Gasteiger partial charge in [-0.15, -0.1) is 0 Å². The lowest BCUT2D eigenvalue weighted by molar-refractivity contribution is -0.385. The molecular weight excluding hydrogens is 354 g/mol. The molecular formula is C14H12BrN3O4. The van der Waals surface area contributed by atoms with Crippen LogP contribution in [0.25, 0.3) is 0 Å². The fourth-order valence-corrected chi connectivity index (χ4v) is 2.02. The second kappa shape index (κ2) is 6.52. The lowest BCUT2D eigenvalue weighted by Crippen LogP contribution is -2.17. The first-order chi connectivity index (χ1) is 10.4. The number of hydrogen-bond donors (Lipinski definition) is 1. The van der Waals surface area contributed by atoms with Crippen molar-refractivity contribution < 1.29 is 14.1 Å². The zero-order valence-electron chi connectivity index (χ0n) is 11.8. The van der Waals surface area contributed by atoms with Crippen LogP contribution in [-0.4, -0.2) is 17.0 Å². The molecule has 2 aromatic rings. The Kier molecular flexibility index (Phi) is 4.71. The quantitative estimate of drug-likeness (QED) is 0.510. The Hall–Kier alpha value is -2.48. The molecule has 1 amide bonds. The zero-order chi connectivity index (χ0) is 16.3. The van der Waals surface area contributed by atoms with Crippen molar-refractivity contribution in [1.82, 2.24) is 5.43 Å². The molecule has 0 unspecified atom stereocenters. The van der Waals surface area contributed by atoms with Gasteiger partial charge in [0.1, 0.15) is 11.5 Å². The molecule has 1 aromatic heterocycles. The van der Waals surface area contributed by atoms with E-state index in [4.69, 9.17) is 4.42 Å². The molecule has 0 saturated carbocycles. The van der Waals surface area contributed by atoms with Gasteiger partial charge in [-0.3, -0.25) is 14.9 Å². The summed E-state index contributed by atoms with van der Waals surface area (Å²) in [6, 6.07) is 5.94. The summed E-state index contributed by atoms with van der Waals surface area (Å²) in [6.45, 7) is 3.39. The van der Waals surface area contributed by atoms with Crippen LogP contribution in [0.4, 0.5) is 5.69 Å². The number of aryl methyl sites for hydroxylation is 2. The minimum atomic E-state index is -0.540. The van der Waals surface area contributed by atoms with Crippen LogP contribution in [0.2, 0.25) is 0 Å². The molecule has 0 atom stereocenters. The van der Waals surface area contributed by atoms with Gasteiger partial charge in [-0.2, -0.15) is 5.10 Å². The third-order valence-electron chi connectivity index (χ3n) is 2.90. The lowest BCUT2D eigenvalue weighted by Gasteiger charge is -2.01. The molecule has 1 heterocycles. The maximum atomic E-state index is 11.9. The second-order valence-electron chi connectivity index (χ2n) is 4.51. The summed E-state index contributed by atoms with van der Waals surface area (Å²) in [5.41, 5.74) is 2.83. The van der Waals surface area contributed by atoms with Crippen LogP contribution in [0.3, 0.4) is 0 Å². The van der Waals surface area contributed by atoms with Gasteiger partial charge in [0.2, 0.25) is 0 Å². The van der Waals surface area contributed by atoms with Gasteiger partial charge in [0.15, 0.2) is 0 Å². The predicted octanol–water partition coefficient (Wildman–Crippen LogP) is 3.33. The van der Waals surface area contributed by atoms with Crippen molar-refractivity contribution in [1.29, 1.82) is 0 Å². The first-order valence-corrected chi connectivity index (χ1v) is 7.02. The average molecular weight is 366 g/mol. The Balaban J connectivity index is 2.09. The molecule has 1 N–H and O–H groups in total. The van der Waals surface area contributed by atoms with Crippen molar-refractivity contribution in [2.75, 3.05) is 0 Å². The van der Waals surface area contributed by atoms with E-state index in [1.165, 1.54) is 24.4 Å². The van der Waals surface area contributed by atoms with Gasteiger partial charge in [0.25, 0.3) is 11.6 Å². The first kappa shape index (κ1) is 15.9. The molecule has 8 heteroatoms. The van der Waals surface area contributed by atoms with Gasteiger partial charge in [0.05, 0.1) is 15.6 Å². The summed E-state index contributed by atoms with van der Waals surface area (Å²) < 4.78 is 6.13. The van der Waals surface area contributed by atoms with Gasteiger partial charge in [-0.25, -0.2) is 5.43 Å². The van der Waals surface area contributed by atoms with E-state index in [9.17, 15) is 14.9 Å². The molecule has 22 heavy (non-hydrogen) atoms. The van der Waals surface area contributed by atoms with Crippen LogP contribution < -0.4 is 5.43 Å². The zero-order valence-corrected chi connectivity index (χ0v) is 13.4. The number of benzene rings is 1. The van der Waals surface area contributed by atoms with E-state index in [0.717, 1.165) is 4.47 Å². The molecule has 0 spiro atoms. The van der Waals surface area contributed by atoms with Crippen molar-refractivity contribution in [2.24, 2.45) is 5.10 Å². The summed E-state index contributed by atoms with van der Waals surface area (Å²) in [5, 5.41) is 14.6. The van der Waals surface area contributed by atoms with E-state index in [0.29, 0.717) is 17.1 Å². The molecule has 7 nitrogen and oxygen atoms in total. The maximum absolute atomic E-state index is 11.9. The Bertz CT molecular complexity index is 748. The van der Waals surface area contributed by atoms with Crippen LogP contribution in [0.15, 0.2) is 38.3 Å². The molecule has 0 bridgehead atoms. The molecule has 0 fully saturated rings. The Morgan fingerprint density at radius 2 is 2.14 bits per heavy atom. The number of amides is 1.